The van der Waals surface area contributed by atoms with Crippen LogP contribution in [0.5, 0.6) is 0 Å². The number of benzene rings is 1. The van der Waals surface area contributed by atoms with Crippen LogP contribution in [0.4, 0.5) is 0 Å². The second-order valence-electron chi connectivity index (χ2n) is 4.79. The van der Waals surface area contributed by atoms with E-state index in [1.54, 1.807) is 0 Å². The van der Waals surface area contributed by atoms with Crippen LogP contribution in [-0.4, -0.2) is 21.1 Å². The topological polar surface area (TPSA) is 70.7 Å². The molecule has 0 aliphatic heterocycles. The second-order valence-corrected chi connectivity index (χ2v) is 4.79. The lowest BCUT2D eigenvalue weighted by Gasteiger charge is -2.24. The zero-order chi connectivity index (χ0) is 13.1. The smallest absolute Gasteiger partial charge is 0.227 e. The van der Waals surface area contributed by atoms with Crippen LogP contribution in [-0.2, 0) is 17.8 Å². The molecule has 0 saturated heterocycles. The van der Waals surface area contributed by atoms with Crippen molar-refractivity contribution in [2.24, 2.45) is 0 Å². The van der Waals surface area contributed by atoms with E-state index in [0.717, 1.165) is 19.3 Å². The average Bonchev–Trinajstić information content (AvgIpc) is 2.97. The van der Waals surface area contributed by atoms with Gasteiger partial charge in [0.2, 0.25) is 5.91 Å². The fourth-order valence-corrected chi connectivity index (χ4v) is 2.64. The third-order valence-corrected chi connectivity index (χ3v) is 3.58. The third kappa shape index (κ3) is 2.50. The molecule has 1 aromatic heterocycles. The summed E-state index contributed by atoms with van der Waals surface area (Å²) in [6, 6.07) is 8.22. The highest BCUT2D eigenvalue weighted by molar-refractivity contribution is 5.84. The van der Waals surface area contributed by atoms with Crippen LogP contribution in [0.1, 0.15) is 35.7 Å². The van der Waals surface area contributed by atoms with Crippen molar-refractivity contribution < 1.29 is 4.79 Å². The number of amides is 1. The standard InChI is InChI=1S/C14H16N4O/c19-14(15-8-13-16-9-17-18-13)12-7-3-5-10-4-1-2-6-11(10)12/h1-2,4,6,9,12H,3,5,7-8H2,(H,15,19)(H,16,17,18). The number of nitrogens with one attached hydrogen (secondary N) is 2. The van der Waals surface area contributed by atoms with Crippen molar-refractivity contribution in [2.45, 2.75) is 31.7 Å². The van der Waals surface area contributed by atoms with Gasteiger partial charge in [-0.2, -0.15) is 5.10 Å². The first-order chi connectivity index (χ1) is 9.34. The molecule has 0 radical (unpaired) electrons. The Morgan fingerprint density at radius 1 is 1.42 bits per heavy atom. The predicted molar refractivity (Wildman–Crippen MR) is 70.4 cm³/mol. The number of carbonyl (C=O) groups excluding carboxylic acids is 1. The first kappa shape index (κ1) is 11.9. The molecule has 1 aromatic carbocycles. The summed E-state index contributed by atoms with van der Waals surface area (Å²) < 4.78 is 0. The number of aryl methyl sites for hydroxylation is 1. The molecule has 0 fully saturated rings. The molecule has 1 amide bonds. The van der Waals surface area contributed by atoms with Crippen molar-refractivity contribution in [3.63, 3.8) is 0 Å². The minimum absolute atomic E-state index is 0.0344. The number of rotatable bonds is 3. The van der Waals surface area contributed by atoms with E-state index in [4.69, 9.17) is 0 Å². The van der Waals surface area contributed by atoms with E-state index in [1.807, 2.05) is 12.1 Å². The molecule has 19 heavy (non-hydrogen) atoms. The van der Waals surface area contributed by atoms with Crippen LogP contribution >= 0.6 is 0 Å². The molecule has 0 spiro atoms. The summed E-state index contributed by atoms with van der Waals surface area (Å²) in [7, 11) is 0. The lowest BCUT2D eigenvalue weighted by molar-refractivity contribution is -0.123. The van der Waals surface area contributed by atoms with Gasteiger partial charge in [-0.1, -0.05) is 24.3 Å². The Labute approximate surface area is 111 Å². The Morgan fingerprint density at radius 2 is 2.32 bits per heavy atom. The molecule has 0 saturated carbocycles. The van der Waals surface area contributed by atoms with E-state index < -0.39 is 0 Å². The maximum absolute atomic E-state index is 12.3. The molecule has 1 aliphatic rings. The summed E-state index contributed by atoms with van der Waals surface area (Å²) >= 11 is 0. The highest BCUT2D eigenvalue weighted by atomic mass is 16.1. The van der Waals surface area contributed by atoms with Crippen molar-refractivity contribution >= 4 is 5.91 Å². The van der Waals surface area contributed by atoms with Gasteiger partial charge in [-0.15, -0.1) is 0 Å². The largest absolute Gasteiger partial charge is 0.348 e. The van der Waals surface area contributed by atoms with Gasteiger partial charge in [0.05, 0.1) is 12.5 Å². The number of carbonyl (C=O) groups is 1. The Morgan fingerprint density at radius 3 is 3.16 bits per heavy atom. The number of hydrogen-bond donors (Lipinski definition) is 2. The summed E-state index contributed by atoms with van der Waals surface area (Å²) in [6.07, 6.45) is 4.50. The fourth-order valence-electron chi connectivity index (χ4n) is 2.64. The van der Waals surface area contributed by atoms with Gasteiger partial charge in [-0.05, 0) is 30.4 Å². The van der Waals surface area contributed by atoms with Gasteiger partial charge in [-0.3, -0.25) is 9.89 Å². The summed E-state index contributed by atoms with van der Waals surface area (Å²) in [5, 5.41) is 9.42. The van der Waals surface area contributed by atoms with Crippen molar-refractivity contribution in [1.29, 1.82) is 0 Å². The number of hydrogen-bond acceptors (Lipinski definition) is 3. The molecule has 1 aliphatic carbocycles. The number of nitrogens with zero attached hydrogens (tertiary/aromatic N) is 2. The monoisotopic (exact) mass is 256 g/mol. The molecule has 5 nitrogen and oxygen atoms in total. The van der Waals surface area contributed by atoms with Crippen LogP contribution in [0.2, 0.25) is 0 Å². The predicted octanol–water partition coefficient (Wildman–Crippen LogP) is 1.54. The molecule has 5 heteroatoms. The number of H-pyrrole nitrogens is 1. The summed E-state index contributed by atoms with van der Waals surface area (Å²) in [5.74, 6) is 0.717. The van der Waals surface area contributed by atoms with Crippen molar-refractivity contribution in [1.82, 2.24) is 20.5 Å². The van der Waals surface area contributed by atoms with Gasteiger partial charge in [0.1, 0.15) is 12.2 Å². The minimum atomic E-state index is -0.0344. The van der Waals surface area contributed by atoms with E-state index in [1.165, 1.54) is 17.5 Å². The molecule has 98 valence electrons. The lowest BCUT2D eigenvalue weighted by atomic mass is 9.82. The van der Waals surface area contributed by atoms with Gasteiger partial charge in [0.15, 0.2) is 0 Å². The van der Waals surface area contributed by atoms with Gasteiger partial charge in [0, 0.05) is 0 Å². The minimum Gasteiger partial charge on any atom is -0.348 e. The normalized spacial score (nSPS) is 17.8. The van der Waals surface area contributed by atoms with Crippen molar-refractivity contribution in [2.75, 3.05) is 0 Å². The third-order valence-electron chi connectivity index (χ3n) is 3.58. The van der Waals surface area contributed by atoms with Crippen LogP contribution in [0.15, 0.2) is 30.6 Å². The van der Waals surface area contributed by atoms with Crippen LogP contribution in [0.25, 0.3) is 0 Å². The summed E-state index contributed by atoms with van der Waals surface area (Å²) in [6.45, 7) is 0.400. The quantitative estimate of drug-likeness (QED) is 0.875. The van der Waals surface area contributed by atoms with Crippen LogP contribution < -0.4 is 5.32 Å². The van der Waals surface area contributed by atoms with E-state index in [9.17, 15) is 4.79 Å². The maximum atomic E-state index is 12.3. The van der Waals surface area contributed by atoms with Gasteiger partial charge in [-0.25, -0.2) is 4.98 Å². The Balaban J connectivity index is 1.71. The molecular formula is C14H16N4O. The molecule has 2 aromatic rings. The van der Waals surface area contributed by atoms with E-state index >= 15 is 0 Å². The summed E-state index contributed by atoms with van der Waals surface area (Å²) in [4.78, 5) is 16.3. The zero-order valence-electron chi connectivity index (χ0n) is 10.6. The number of fused-ring (bicyclic) bond motifs is 1. The maximum Gasteiger partial charge on any atom is 0.227 e. The Bertz CT molecular complexity index is 565. The Kier molecular flexibility index (Phi) is 3.27. The highest BCUT2D eigenvalue weighted by Gasteiger charge is 2.25. The first-order valence-corrected chi connectivity index (χ1v) is 6.54. The lowest BCUT2D eigenvalue weighted by Crippen LogP contribution is -2.31. The first-order valence-electron chi connectivity index (χ1n) is 6.54. The number of aromatic nitrogens is 3. The van der Waals surface area contributed by atoms with Crippen LogP contribution in [0.3, 0.4) is 0 Å². The highest BCUT2D eigenvalue weighted by Crippen LogP contribution is 2.31. The van der Waals surface area contributed by atoms with Crippen molar-refractivity contribution in [3.05, 3.63) is 47.5 Å². The van der Waals surface area contributed by atoms with E-state index in [2.05, 4.69) is 32.6 Å². The second kappa shape index (κ2) is 5.22. The Hall–Kier alpha value is -2.17. The van der Waals surface area contributed by atoms with Crippen molar-refractivity contribution in [3.8, 4) is 0 Å². The van der Waals surface area contributed by atoms with E-state index in [0.29, 0.717) is 12.4 Å². The van der Waals surface area contributed by atoms with Gasteiger partial charge in [0.25, 0.3) is 0 Å². The fraction of sp³-hybridized carbons (Fsp3) is 0.357. The molecule has 1 heterocycles. The molecule has 2 N–H and O–H groups in total. The number of aromatic amines is 1. The molecule has 1 unspecified atom stereocenters. The summed E-state index contributed by atoms with van der Waals surface area (Å²) in [5.41, 5.74) is 2.47. The van der Waals surface area contributed by atoms with Gasteiger partial charge >= 0.3 is 0 Å². The SMILES string of the molecule is O=C(NCc1ncn[nH]1)C1CCCc2ccccc21. The zero-order valence-corrected chi connectivity index (χ0v) is 10.6. The molecule has 0 bridgehead atoms. The van der Waals surface area contributed by atoms with E-state index in [-0.39, 0.29) is 11.8 Å². The molecule has 1 atom stereocenters. The molecule has 3 rings (SSSR count). The van der Waals surface area contributed by atoms with Crippen LogP contribution in [0, 0.1) is 0 Å². The van der Waals surface area contributed by atoms with Gasteiger partial charge < -0.3 is 5.32 Å². The molecular weight excluding hydrogens is 240 g/mol. The average molecular weight is 256 g/mol.